The Hall–Kier alpha value is -0.360. The van der Waals surface area contributed by atoms with Gasteiger partial charge >= 0.3 is 0 Å². The van der Waals surface area contributed by atoms with E-state index in [4.69, 9.17) is 26.7 Å². The summed E-state index contributed by atoms with van der Waals surface area (Å²) >= 11 is 0. The minimum Gasteiger partial charge on any atom is -0.389 e. The van der Waals surface area contributed by atoms with Gasteiger partial charge in [-0.2, -0.15) is 0 Å². The first-order valence-corrected chi connectivity index (χ1v) is 8.07. The maximum Gasteiger partial charge on any atom is 0.173 e. The third kappa shape index (κ3) is 3.84. The molecule has 2 fully saturated rings. The van der Waals surface area contributed by atoms with Crippen LogP contribution in [-0.2, 0) is 9.47 Å². The highest BCUT2D eigenvalue weighted by molar-refractivity contribution is 5.04. The molecule has 1 aliphatic heterocycles. The summed E-state index contributed by atoms with van der Waals surface area (Å²) in [4.78, 5) is 0. The van der Waals surface area contributed by atoms with E-state index in [1.807, 2.05) is 6.92 Å². The van der Waals surface area contributed by atoms with E-state index in [0.29, 0.717) is 6.42 Å². The van der Waals surface area contributed by atoms with E-state index in [9.17, 15) is 15.3 Å². The average Bonchev–Trinajstić information content (AvgIpc) is 2.51. The fraction of sp³-hybridized carbons (Fsp3) is 1.00. The van der Waals surface area contributed by atoms with Crippen LogP contribution in [-0.4, -0.2) is 83.3 Å². The fourth-order valence-electron chi connectivity index (χ4n) is 3.29. The molecule has 0 radical (unpaired) electrons. The Morgan fingerprint density at radius 3 is 2.35 bits per heavy atom. The van der Waals surface area contributed by atoms with Crippen molar-refractivity contribution in [1.82, 2.24) is 5.32 Å². The molecule has 0 amide bonds. The van der Waals surface area contributed by atoms with Crippen molar-refractivity contribution in [2.24, 2.45) is 17.2 Å². The molecule has 9 nitrogen and oxygen atoms in total. The van der Waals surface area contributed by atoms with Crippen molar-refractivity contribution in [3.63, 3.8) is 0 Å². The molecule has 2 aliphatic rings. The minimum atomic E-state index is -1.23. The summed E-state index contributed by atoms with van der Waals surface area (Å²) < 4.78 is 11.6. The molecule has 0 aromatic carbocycles. The highest BCUT2D eigenvalue weighted by Gasteiger charge is 2.49. The molecule has 10 N–H and O–H groups in total. The summed E-state index contributed by atoms with van der Waals surface area (Å²) in [6.45, 7) is 1.84. The van der Waals surface area contributed by atoms with Crippen molar-refractivity contribution in [2.75, 3.05) is 7.05 Å². The summed E-state index contributed by atoms with van der Waals surface area (Å²) in [7, 11) is 1.58. The zero-order chi connectivity index (χ0) is 17.3. The number of hydrogen-bond acceptors (Lipinski definition) is 9. The van der Waals surface area contributed by atoms with Crippen molar-refractivity contribution in [1.29, 1.82) is 0 Å². The van der Waals surface area contributed by atoms with E-state index < -0.39 is 42.8 Å². The number of hydrogen-bond donors (Lipinski definition) is 7. The normalized spacial score (nSPS) is 49.8. The predicted molar refractivity (Wildman–Crippen MR) is 83.2 cm³/mol. The minimum absolute atomic E-state index is 0.170. The summed E-state index contributed by atoms with van der Waals surface area (Å²) in [6, 6.07) is -2.27. The van der Waals surface area contributed by atoms with Crippen LogP contribution in [0.4, 0.5) is 0 Å². The molecule has 2 rings (SSSR count). The second-order valence-corrected chi connectivity index (χ2v) is 6.61. The first-order chi connectivity index (χ1) is 10.8. The lowest BCUT2D eigenvalue weighted by Gasteiger charge is -2.47. The first-order valence-electron chi connectivity index (χ1n) is 8.07. The van der Waals surface area contributed by atoms with E-state index in [1.165, 1.54) is 0 Å². The molecule has 0 aromatic heterocycles. The maximum absolute atomic E-state index is 10.4. The Bertz CT molecular complexity index is 388. The molecule has 1 saturated heterocycles. The van der Waals surface area contributed by atoms with Crippen molar-refractivity contribution < 1.29 is 24.8 Å². The van der Waals surface area contributed by atoms with Gasteiger partial charge in [-0.1, -0.05) is 0 Å². The summed E-state index contributed by atoms with van der Waals surface area (Å²) in [6.07, 6.45) is -4.01. The van der Waals surface area contributed by atoms with Gasteiger partial charge in [0.1, 0.15) is 6.10 Å². The molecule has 1 aliphatic carbocycles. The highest BCUT2D eigenvalue weighted by atomic mass is 16.7. The summed E-state index contributed by atoms with van der Waals surface area (Å²) in [5, 5.41) is 33.3. The van der Waals surface area contributed by atoms with Crippen LogP contribution in [0.25, 0.3) is 0 Å². The Morgan fingerprint density at radius 2 is 1.78 bits per heavy atom. The first kappa shape index (κ1) is 19.0. The molecule has 1 heterocycles. The van der Waals surface area contributed by atoms with Crippen LogP contribution in [0.15, 0.2) is 0 Å². The average molecular weight is 334 g/mol. The summed E-state index contributed by atoms with van der Waals surface area (Å²) in [5.74, 6) is 0. The van der Waals surface area contributed by atoms with Crippen LogP contribution in [0.5, 0.6) is 0 Å². The van der Waals surface area contributed by atoms with Crippen LogP contribution in [0.3, 0.4) is 0 Å². The monoisotopic (exact) mass is 334 g/mol. The largest absolute Gasteiger partial charge is 0.389 e. The molecule has 0 bridgehead atoms. The van der Waals surface area contributed by atoms with Gasteiger partial charge in [0, 0.05) is 6.04 Å². The lowest BCUT2D eigenvalue weighted by molar-refractivity contribution is -0.261. The maximum atomic E-state index is 10.4. The zero-order valence-corrected chi connectivity index (χ0v) is 13.6. The SMILES string of the molecule is CN[C@H]1[C@H](O)[C@H](O)[C@H](N)[C@@H](O[C@@H]2O[C@@H]([C@H](C)N)CC[C@@H]2N)[C@@H]1O. The van der Waals surface area contributed by atoms with Crippen molar-refractivity contribution in [3.8, 4) is 0 Å². The Kier molecular flexibility index (Phi) is 6.34. The number of aliphatic hydroxyl groups excluding tert-OH is 3. The Balaban J connectivity index is 2.09. The van der Waals surface area contributed by atoms with E-state index in [0.717, 1.165) is 6.42 Å². The molecule has 0 aromatic rings. The van der Waals surface area contributed by atoms with Gasteiger partial charge in [-0.3, -0.25) is 0 Å². The Labute approximate surface area is 136 Å². The van der Waals surface area contributed by atoms with E-state index in [-0.39, 0.29) is 18.2 Å². The zero-order valence-electron chi connectivity index (χ0n) is 13.6. The van der Waals surface area contributed by atoms with Gasteiger partial charge in [-0.05, 0) is 26.8 Å². The number of nitrogens with two attached hydrogens (primary N) is 3. The van der Waals surface area contributed by atoms with Crippen molar-refractivity contribution in [2.45, 2.75) is 80.7 Å². The van der Waals surface area contributed by atoms with Crippen molar-refractivity contribution >= 4 is 0 Å². The second-order valence-electron chi connectivity index (χ2n) is 6.61. The molecule has 23 heavy (non-hydrogen) atoms. The van der Waals surface area contributed by atoms with Crippen LogP contribution in [0.2, 0.25) is 0 Å². The van der Waals surface area contributed by atoms with Crippen LogP contribution in [0, 0.1) is 0 Å². The van der Waals surface area contributed by atoms with Gasteiger partial charge in [-0.25, -0.2) is 0 Å². The fourth-order valence-corrected chi connectivity index (χ4v) is 3.29. The third-order valence-corrected chi connectivity index (χ3v) is 4.85. The van der Waals surface area contributed by atoms with Gasteiger partial charge < -0.3 is 47.3 Å². The number of rotatable bonds is 4. The molecule has 0 unspecified atom stereocenters. The molecule has 0 spiro atoms. The number of nitrogens with one attached hydrogen (secondary N) is 1. The lowest BCUT2D eigenvalue weighted by atomic mass is 9.82. The van der Waals surface area contributed by atoms with Gasteiger partial charge in [0.05, 0.1) is 42.5 Å². The predicted octanol–water partition coefficient (Wildman–Crippen LogP) is -3.44. The molecule has 1 saturated carbocycles. The third-order valence-electron chi connectivity index (χ3n) is 4.85. The van der Waals surface area contributed by atoms with Gasteiger partial charge in [0.15, 0.2) is 6.29 Å². The number of aliphatic hydroxyl groups is 3. The van der Waals surface area contributed by atoms with Gasteiger partial charge in [0.25, 0.3) is 0 Å². The van der Waals surface area contributed by atoms with Crippen LogP contribution < -0.4 is 22.5 Å². The van der Waals surface area contributed by atoms with Crippen LogP contribution in [0.1, 0.15) is 19.8 Å². The van der Waals surface area contributed by atoms with Gasteiger partial charge in [-0.15, -0.1) is 0 Å². The lowest BCUT2D eigenvalue weighted by Crippen LogP contribution is -2.71. The quantitative estimate of drug-likeness (QED) is 0.276. The van der Waals surface area contributed by atoms with E-state index in [1.54, 1.807) is 7.05 Å². The topological polar surface area (TPSA) is 169 Å². The van der Waals surface area contributed by atoms with Gasteiger partial charge in [0.2, 0.25) is 0 Å². The molecular formula is C14H30N4O5. The molecule has 9 heteroatoms. The number of ether oxygens (including phenoxy) is 2. The van der Waals surface area contributed by atoms with Crippen LogP contribution >= 0.6 is 0 Å². The summed E-state index contributed by atoms with van der Waals surface area (Å²) in [5.41, 5.74) is 17.8. The van der Waals surface area contributed by atoms with E-state index >= 15 is 0 Å². The second kappa shape index (κ2) is 7.68. The van der Waals surface area contributed by atoms with Crippen molar-refractivity contribution in [3.05, 3.63) is 0 Å². The Morgan fingerprint density at radius 1 is 1.13 bits per heavy atom. The highest BCUT2D eigenvalue weighted by Crippen LogP contribution is 2.27. The standard InChI is InChI=1S/C14H30N4O5/c1-5(15)7-4-3-6(16)14(22-7)23-13-8(17)10(19)11(20)9(18-2)12(13)21/h5-14,18-21H,3-4,15-17H2,1-2H3/t5-,6-,7+,8-,9-,10+,11-,12+,13+,14-/m0/s1. The molecule has 10 atom stereocenters. The molecule has 136 valence electrons. The number of likely N-dealkylation sites (N-methyl/N-ethyl adjacent to an activating group) is 1. The van der Waals surface area contributed by atoms with E-state index in [2.05, 4.69) is 5.32 Å². The molecular weight excluding hydrogens is 304 g/mol. The smallest absolute Gasteiger partial charge is 0.173 e.